The largest absolute Gasteiger partial charge is 0.310 e. The van der Waals surface area contributed by atoms with Crippen molar-refractivity contribution < 1.29 is 4.39 Å². The summed E-state index contributed by atoms with van der Waals surface area (Å²) in [5.41, 5.74) is 2.05. The van der Waals surface area contributed by atoms with Crippen molar-refractivity contribution in [2.24, 2.45) is 0 Å². The van der Waals surface area contributed by atoms with Crippen molar-refractivity contribution in [2.75, 3.05) is 6.54 Å². The highest BCUT2D eigenvalue weighted by Gasteiger charge is 2.14. The molecule has 0 bridgehead atoms. The van der Waals surface area contributed by atoms with Crippen LogP contribution in [0, 0.1) is 5.82 Å². The highest BCUT2D eigenvalue weighted by atomic mass is 79.9. The molecular formula is C16H15Br2ClFN. The van der Waals surface area contributed by atoms with Crippen molar-refractivity contribution in [2.45, 2.75) is 19.4 Å². The Morgan fingerprint density at radius 2 is 1.90 bits per heavy atom. The van der Waals surface area contributed by atoms with Gasteiger partial charge in [-0.1, -0.05) is 40.5 Å². The van der Waals surface area contributed by atoms with E-state index >= 15 is 0 Å². The van der Waals surface area contributed by atoms with E-state index < -0.39 is 0 Å². The Hall–Kier alpha value is -0.420. The van der Waals surface area contributed by atoms with Crippen LogP contribution < -0.4 is 5.32 Å². The predicted octanol–water partition coefficient (Wildman–Crippen LogP) is 5.90. The van der Waals surface area contributed by atoms with E-state index in [9.17, 15) is 4.39 Å². The molecule has 0 aliphatic rings. The molecule has 0 radical (unpaired) electrons. The summed E-state index contributed by atoms with van der Waals surface area (Å²) in [5.74, 6) is -0.222. The summed E-state index contributed by atoms with van der Waals surface area (Å²) in [7, 11) is 0. The van der Waals surface area contributed by atoms with E-state index in [4.69, 9.17) is 11.6 Å². The zero-order valence-electron chi connectivity index (χ0n) is 11.5. The molecule has 0 saturated heterocycles. The van der Waals surface area contributed by atoms with Crippen LogP contribution in [0.2, 0.25) is 5.02 Å². The first-order chi connectivity index (χ1) is 10.0. The lowest BCUT2D eigenvalue weighted by Gasteiger charge is -2.20. The van der Waals surface area contributed by atoms with Gasteiger partial charge in [0.15, 0.2) is 0 Å². The van der Waals surface area contributed by atoms with Gasteiger partial charge in [-0.25, -0.2) is 4.39 Å². The second-order valence-corrected chi connectivity index (χ2v) is 6.84. The Bertz CT molecular complexity index is 634. The molecule has 5 heteroatoms. The maximum atomic E-state index is 13.4. The van der Waals surface area contributed by atoms with Gasteiger partial charge in [-0.3, -0.25) is 0 Å². The van der Waals surface area contributed by atoms with E-state index in [0.717, 1.165) is 26.6 Å². The van der Waals surface area contributed by atoms with Crippen molar-refractivity contribution >= 4 is 43.5 Å². The first-order valence-electron chi connectivity index (χ1n) is 6.63. The fraction of sp³-hybridized carbons (Fsp3) is 0.250. The molecule has 0 spiro atoms. The van der Waals surface area contributed by atoms with Gasteiger partial charge in [0.1, 0.15) is 5.82 Å². The van der Waals surface area contributed by atoms with E-state index in [-0.39, 0.29) is 11.9 Å². The molecule has 0 amide bonds. The molecular weight excluding hydrogens is 420 g/mol. The lowest BCUT2D eigenvalue weighted by Crippen LogP contribution is -2.23. The third-order valence-electron chi connectivity index (χ3n) is 3.23. The van der Waals surface area contributed by atoms with Gasteiger partial charge < -0.3 is 5.32 Å². The average Bonchev–Trinajstić information content (AvgIpc) is 2.45. The molecule has 0 aliphatic carbocycles. The van der Waals surface area contributed by atoms with Crippen LogP contribution >= 0.6 is 43.5 Å². The van der Waals surface area contributed by atoms with Gasteiger partial charge in [-0.15, -0.1) is 0 Å². The topological polar surface area (TPSA) is 12.0 Å². The second kappa shape index (κ2) is 7.73. The smallest absolute Gasteiger partial charge is 0.123 e. The fourth-order valence-electron chi connectivity index (χ4n) is 2.20. The SMILES string of the molecule is CCNC(Cc1cc(F)ccc1Br)c1ccc(Cl)c(Br)c1. The predicted molar refractivity (Wildman–Crippen MR) is 93.4 cm³/mol. The molecule has 112 valence electrons. The number of hydrogen-bond acceptors (Lipinski definition) is 1. The number of halogens is 4. The molecule has 2 aromatic rings. The monoisotopic (exact) mass is 433 g/mol. The molecule has 0 aliphatic heterocycles. The summed E-state index contributed by atoms with van der Waals surface area (Å²) < 4.78 is 15.2. The van der Waals surface area contributed by atoms with Crippen LogP contribution in [0.15, 0.2) is 45.3 Å². The Morgan fingerprint density at radius 1 is 1.14 bits per heavy atom. The van der Waals surface area contributed by atoms with E-state index in [1.165, 1.54) is 6.07 Å². The number of likely N-dealkylation sites (N-methyl/N-ethyl adjacent to an activating group) is 1. The van der Waals surface area contributed by atoms with Gasteiger partial charge in [0.2, 0.25) is 0 Å². The third-order valence-corrected chi connectivity index (χ3v) is 5.22. The van der Waals surface area contributed by atoms with Crippen LogP contribution in [0.4, 0.5) is 4.39 Å². The first-order valence-corrected chi connectivity index (χ1v) is 8.60. The minimum absolute atomic E-state index is 0.0988. The van der Waals surface area contributed by atoms with Gasteiger partial charge in [-0.05, 0) is 70.4 Å². The molecule has 1 unspecified atom stereocenters. The maximum absolute atomic E-state index is 13.4. The van der Waals surface area contributed by atoms with Crippen LogP contribution in [0.5, 0.6) is 0 Å². The van der Waals surface area contributed by atoms with Crippen LogP contribution in [-0.4, -0.2) is 6.54 Å². The van der Waals surface area contributed by atoms with Crippen LogP contribution in [-0.2, 0) is 6.42 Å². The minimum Gasteiger partial charge on any atom is -0.310 e. The zero-order chi connectivity index (χ0) is 15.4. The lowest BCUT2D eigenvalue weighted by molar-refractivity contribution is 0.545. The number of rotatable bonds is 5. The van der Waals surface area contributed by atoms with Gasteiger partial charge in [-0.2, -0.15) is 0 Å². The molecule has 1 N–H and O–H groups in total. The summed E-state index contributed by atoms with van der Waals surface area (Å²) in [6.45, 7) is 2.89. The van der Waals surface area contributed by atoms with Gasteiger partial charge in [0.05, 0.1) is 5.02 Å². The molecule has 0 heterocycles. The van der Waals surface area contributed by atoms with Gasteiger partial charge in [0.25, 0.3) is 0 Å². The van der Waals surface area contributed by atoms with Crippen LogP contribution in [0.25, 0.3) is 0 Å². The molecule has 2 aromatic carbocycles. The van der Waals surface area contributed by atoms with E-state index in [1.807, 2.05) is 18.2 Å². The fourth-order valence-corrected chi connectivity index (χ4v) is 3.13. The third kappa shape index (κ3) is 4.52. The standard InChI is InChI=1S/C16H15Br2ClFN/c1-2-21-16(10-3-6-15(19)14(18)8-10)9-11-7-12(20)4-5-13(11)17/h3-8,16,21H,2,9H2,1H3. The summed E-state index contributed by atoms with van der Waals surface area (Å²) in [6, 6.07) is 10.7. The van der Waals surface area contributed by atoms with E-state index in [0.29, 0.717) is 11.4 Å². The average molecular weight is 436 g/mol. The quantitative estimate of drug-likeness (QED) is 0.617. The molecule has 1 atom stereocenters. The summed E-state index contributed by atoms with van der Waals surface area (Å²) in [6.07, 6.45) is 0.695. The molecule has 21 heavy (non-hydrogen) atoms. The van der Waals surface area contributed by atoms with E-state index in [2.05, 4.69) is 44.1 Å². The highest BCUT2D eigenvalue weighted by Crippen LogP contribution is 2.29. The van der Waals surface area contributed by atoms with Crippen LogP contribution in [0.3, 0.4) is 0 Å². The number of benzene rings is 2. The summed E-state index contributed by atoms with van der Waals surface area (Å²) >= 11 is 13.0. The normalized spacial score (nSPS) is 12.4. The second-order valence-electron chi connectivity index (χ2n) is 4.72. The zero-order valence-corrected chi connectivity index (χ0v) is 15.4. The molecule has 1 nitrogen and oxygen atoms in total. The van der Waals surface area contributed by atoms with E-state index in [1.54, 1.807) is 12.1 Å². The number of hydrogen-bond donors (Lipinski definition) is 1. The Labute approximate surface area is 146 Å². The maximum Gasteiger partial charge on any atom is 0.123 e. The lowest BCUT2D eigenvalue weighted by atomic mass is 9.99. The molecule has 2 rings (SSSR count). The van der Waals surface area contributed by atoms with Crippen molar-refractivity contribution in [1.82, 2.24) is 5.32 Å². The first kappa shape index (κ1) is 16.9. The summed E-state index contributed by atoms with van der Waals surface area (Å²) in [4.78, 5) is 0. The van der Waals surface area contributed by atoms with Crippen molar-refractivity contribution in [1.29, 1.82) is 0 Å². The van der Waals surface area contributed by atoms with Gasteiger partial charge in [0, 0.05) is 15.0 Å². The Morgan fingerprint density at radius 3 is 2.57 bits per heavy atom. The Balaban J connectivity index is 2.30. The van der Waals surface area contributed by atoms with Crippen molar-refractivity contribution in [3.8, 4) is 0 Å². The number of nitrogens with one attached hydrogen (secondary N) is 1. The molecule has 0 fully saturated rings. The highest BCUT2D eigenvalue weighted by molar-refractivity contribution is 9.10. The van der Waals surface area contributed by atoms with Crippen molar-refractivity contribution in [3.63, 3.8) is 0 Å². The summed E-state index contributed by atoms with van der Waals surface area (Å²) in [5, 5.41) is 4.11. The van der Waals surface area contributed by atoms with Gasteiger partial charge >= 0.3 is 0 Å². The molecule has 0 saturated carbocycles. The Kier molecular flexibility index (Phi) is 6.23. The van der Waals surface area contributed by atoms with Crippen LogP contribution in [0.1, 0.15) is 24.1 Å². The van der Waals surface area contributed by atoms with Crippen molar-refractivity contribution in [3.05, 3.63) is 67.3 Å². The molecule has 0 aromatic heterocycles. The minimum atomic E-state index is -0.222.